The largest absolute Gasteiger partial charge is 0.325 e. The molecule has 0 bridgehead atoms. The number of hydrogen-bond acceptors (Lipinski definition) is 4. The monoisotopic (exact) mass is 494 g/mol. The number of hydrogen-bond donors (Lipinski definition) is 2. The highest BCUT2D eigenvalue weighted by Crippen LogP contribution is 2.28. The molecular formula is C22H20Cl2N2O3S2. The van der Waals surface area contributed by atoms with Crippen molar-refractivity contribution in [1.82, 2.24) is 0 Å². The molecule has 162 valence electrons. The number of rotatable bonds is 7. The SMILES string of the molecule is Cc1ccc(S[C@H](C)C(=O)Nc2ccc(S(=O)(=O)Nc3ccc(Cl)cc3Cl)cc2)cc1. The molecule has 0 aromatic heterocycles. The van der Waals surface area contributed by atoms with Crippen molar-refractivity contribution in [2.75, 3.05) is 10.0 Å². The predicted octanol–water partition coefficient (Wildman–Crippen LogP) is 6.22. The Bertz CT molecular complexity index is 1180. The quantitative estimate of drug-likeness (QED) is 0.382. The number of carbonyl (C=O) groups is 1. The Balaban J connectivity index is 1.64. The van der Waals surface area contributed by atoms with E-state index < -0.39 is 10.0 Å². The molecule has 0 aliphatic heterocycles. The Morgan fingerprint density at radius 2 is 1.61 bits per heavy atom. The molecule has 0 saturated heterocycles. The summed E-state index contributed by atoms with van der Waals surface area (Å²) in [5, 5.41) is 3.09. The molecule has 0 aliphatic rings. The van der Waals surface area contributed by atoms with Crippen LogP contribution in [0.3, 0.4) is 0 Å². The third-order valence-electron chi connectivity index (χ3n) is 4.31. The Kier molecular flexibility index (Phi) is 7.54. The fourth-order valence-electron chi connectivity index (χ4n) is 2.61. The van der Waals surface area contributed by atoms with Gasteiger partial charge in [-0.15, -0.1) is 11.8 Å². The highest BCUT2D eigenvalue weighted by molar-refractivity contribution is 8.00. The summed E-state index contributed by atoms with van der Waals surface area (Å²) in [6, 6.07) is 18.3. The molecule has 9 heteroatoms. The Labute approximate surface area is 196 Å². The van der Waals surface area contributed by atoms with E-state index in [2.05, 4.69) is 10.0 Å². The molecule has 31 heavy (non-hydrogen) atoms. The number of nitrogens with one attached hydrogen (secondary N) is 2. The van der Waals surface area contributed by atoms with Gasteiger partial charge in [-0.3, -0.25) is 9.52 Å². The zero-order valence-corrected chi connectivity index (χ0v) is 19.9. The first kappa shape index (κ1) is 23.5. The maximum Gasteiger partial charge on any atom is 0.261 e. The van der Waals surface area contributed by atoms with Crippen LogP contribution in [0, 0.1) is 6.92 Å². The fraction of sp³-hybridized carbons (Fsp3) is 0.136. The zero-order valence-electron chi connectivity index (χ0n) is 16.7. The minimum atomic E-state index is -3.85. The molecule has 1 amide bonds. The summed E-state index contributed by atoms with van der Waals surface area (Å²) < 4.78 is 27.7. The van der Waals surface area contributed by atoms with Crippen LogP contribution in [0.1, 0.15) is 12.5 Å². The lowest BCUT2D eigenvalue weighted by Crippen LogP contribution is -2.22. The smallest absolute Gasteiger partial charge is 0.261 e. The van der Waals surface area contributed by atoms with E-state index in [1.165, 1.54) is 36.0 Å². The Morgan fingerprint density at radius 3 is 2.23 bits per heavy atom. The van der Waals surface area contributed by atoms with E-state index in [1.54, 1.807) is 18.2 Å². The topological polar surface area (TPSA) is 75.3 Å². The number of sulfonamides is 1. The highest BCUT2D eigenvalue weighted by atomic mass is 35.5. The summed E-state index contributed by atoms with van der Waals surface area (Å²) in [6.45, 7) is 3.83. The van der Waals surface area contributed by atoms with E-state index in [1.807, 2.05) is 38.1 Å². The maximum absolute atomic E-state index is 12.6. The van der Waals surface area contributed by atoms with Gasteiger partial charge in [0.25, 0.3) is 10.0 Å². The van der Waals surface area contributed by atoms with Crippen LogP contribution >= 0.6 is 35.0 Å². The predicted molar refractivity (Wildman–Crippen MR) is 129 cm³/mol. The van der Waals surface area contributed by atoms with Gasteiger partial charge in [0.2, 0.25) is 5.91 Å². The number of carbonyl (C=O) groups excluding carboxylic acids is 1. The molecule has 3 rings (SSSR count). The van der Waals surface area contributed by atoms with E-state index in [4.69, 9.17) is 23.2 Å². The van der Waals surface area contributed by atoms with Crippen LogP contribution in [0.25, 0.3) is 0 Å². The minimum Gasteiger partial charge on any atom is -0.325 e. The molecule has 0 unspecified atom stereocenters. The van der Waals surface area contributed by atoms with E-state index in [0.29, 0.717) is 10.7 Å². The molecule has 5 nitrogen and oxygen atoms in total. The first-order chi connectivity index (χ1) is 14.6. The van der Waals surface area contributed by atoms with E-state index in [-0.39, 0.29) is 26.8 Å². The summed E-state index contributed by atoms with van der Waals surface area (Å²) in [5.74, 6) is -0.174. The molecule has 0 saturated carbocycles. The van der Waals surface area contributed by atoms with Crippen molar-refractivity contribution in [2.45, 2.75) is 28.9 Å². The van der Waals surface area contributed by atoms with Crippen LogP contribution in [-0.2, 0) is 14.8 Å². The van der Waals surface area contributed by atoms with Gasteiger partial charge in [0.15, 0.2) is 0 Å². The van der Waals surface area contributed by atoms with Gasteiger partial charge in [0.05, 0.1) is 20.9 Å². The van der Waals surface area contributed by atoms with Crippen molar-refractivity contribution >= 4 is 62.3 Å². The lowest BCUT2D eigenvalue weighted by Gasteiger charge is -2.13. The van der Waals surface area contributed by atoms with Crippen molar-refractivity contribution < 1.29 is 13.2 Å². The zero-order chi connectivity index (χ0) is 22.6. The second kappa shape index (κ2) is 9.96. The molecule has 0 heterocycles. The number of halogens is 2. The van der Waals surface area contributed by atoms with Crippen LogP contribution in [-0.4, -0.2) is 19.6 Å². The Morgan fingerprint density at radius 1 is 0.968 bits per heavy atom. The average Bonchev–Trinajstić information content (AvgIpc) is 2.72. The van der Waals surface area contributed by atoms with Crippen LogP contribution in [0.2, 0.25) is 10.0 Å². The van der Waals surface area contributed by atoms with Crippen molar-refractivity contribution in [3.8, 4) is 0 Å². The van der Waals surface area contributed by atoms with Gasteiger partial charge in [-0.05, 0) is 68.4 Å². The molecule has 0 aliphatic carbocycles. The van der Waals surface area contributed by atoms with Crippen LogP contribution in [0.4, 0.5) is 11.4 Å². The van der Waals surface area contributed by atoms with Gasteiger partial charge in [-0.2, -0.15) is 0 Å². The molecule has 0 radical (unpaired) electrons. The molecule has 2 N–H and O–H groups in total. The average molecular weight is 495 g/mol. The second-order valence-corrected chi connectivity index (χ2v) is 10.8. The second-order valence-electron chi connectivity index (χ2n) is 6.82. The number of thioether (sulfide) groups is 1. The summed E-state index contributed by atoms with van der Waals surface area (Å²) in [7, 11) is -3.85. The number of anilines is 2. The third-order valence-corrected chi connectivity index (χ3v) is 7.35. The molecule has 3 aromatic carbocycles. The van der Waals surface area contributed by atoms with Gasteiger partial charge < -0.3 is 5.32 Å². The van der Waals surface area contributed by atoms with E-state index in [9.17, 15) is 13.2 Å². The first-order valence-electron chi connectivity index (χ1n) is 9.26. The number of aryl methyl sites for hydroxylation is 1. The standard InChI is InChI=1S/C22H20Cl2N2O3S2/c1-14-3-8-18(9-4-14)30-15(2)22(27)25-17-6-10-19(11-7-17)31(28,29)26-21-12-5-16(23)13-20(21)24/h3-13,15,26H,1-2H3,(H,25,27)/t15-/m1/s1. The minimum absolute atomic E-state index is 0.0404. The molecule has 0 spiro atoms. The van der Waals surface area contributed by atoms with Gasteiger partial charge in [-0.1, -0.05) is 40.9 Å². The first-order valence-corrected chi connectivity index (χ1v) is 12.4. The molecule has 0 fully saturated rings. The maximum atomic E-state index is 12.6. The fourth-order valence-corrected chi connectivity index (χ4v) is 5.07. The number of benzene rings is 3. The summed E-state index contributed by atoms with van der Waals surface area (Å²) in [4.78, 5) is 13.5. The summed E-state index contributed by atoms with van der Waals surface area (Å²) in [6.07, 6.45) is 0. The molecule has 1 atom stereocenters. The van der Waals surface area contributed by atoms with Crippen molar-refractivity contribution in [1.29, 1.82) is 0 Å². The van der Waals surface area contributed by atoms with Gasteiger partial charge in [-0.25, -0.2) is 8.42 Å². The molecule has 3 aromatic rings. The van der Waals surface area contributed by atoms with E-state index in [0.717, 1.165) is 10.5 Å². The highest BCUT2D eigenvalue weighted by Gasteiger charge is 2.18. The lowest BCUT2D eigenvalue weighted by atomic mass is 10.2. The van der Waals surface area contributed by atoms with Gasteiger partial charge >= 0.3 is 0 Å². The van der Waals surface area contributed by atoms with E-state index >= 15 is 0 Å². The van der Waals surface area contributed by atoms with Crippen LogP contribution in [0.15, 0.2) is 76.5 Å². The third kappa shape index (κ3) is 6.40. The molecular weight excluding hydrogens is 475 g/mol. The summed E-state index contributed by atoms with van der Waals surface area (Å²) >= 11 is 13.3. The van der Waals surface area contributed by atoms with Crippen molar-refractivity contribution in [3.63, 3.8) is 0 Å². The normalized spacial score (nSPS) is 12.3. The van der Waals surface area contributed by atoms with Crippen LogP contribution in [0.5, 0.6) is 0 Å². The Hall–Kier alpha value is -2.19. The van der Waals surface area contributed by atoms with Gasteiger partial charge in [0.1, 0.15) is 0 Å². The summed E-state index contributed by atoms with van der Waals surface area (Å²) in [5.41, 5.74) is 1.89. The van der Waals surface area contributed by atoms with Crippen LogP contribution < -0.4 is 10.0 Å². The lowest BCUT2D eigenvalue weighted by molar-refractivity contribution is -0.115. The van der Waals surface area contributed by atoms with Crippen molar-refractivity contribution in [2.24, 2.45) is 0 Å². The number of amides is 1. The van der Waals surface area contributed by atoms with Gasteiger partial charge in [0, 0.05) is 15.6 Å². The van der Waals surface area contributed by atoms with Crippen molar-refractivity contribution in [3.05, 3.63) is 82.3 Å².